The summed E-state index contributed by atoms with van der Waals surface area (Å²) in [7, 11) is 2.82. The fraction of sp³-hybridized carbons (Fsp3) is 0.409. The van der Waals surface area contributed by atoms with E-state index in [0.717, 1.165) is 10.6 Å². The van der Waals surface area contributed by atoms with Gasteiger partial charge < -0.3 is 15.2 Å². The molecule has 1 heterocycles. The van der Waals surface area contributed by atoms with E-state index < -0.39 is 23.3 Å². The van der Waals surface area contributed by atoms with E-state index >= 15 is 0 Å². The van der Waals surface area contributed by atoms with Crippen LogP contribution in [0.15, 0.2) is 29.2 Å². The number of ketones is 1. The Morgan fingerprint density at radius 2 is 1.87 bits per heavy atom. The molecule has 0 fully saturated rings. The van der Waals surface area contributed by atoms with Crippen molar-refractivity contribution in [3.8, 4) is 16.9 Å². The maximum Gasteiger partial charge on any atom is 0.252 e. The number of pyridine rings is 1. The average Bonchev–Trinajstić information content (AvgIpc) is 2.72. The number of methoxy groups -OCH3 is 2. The zero-order valence-corrected chi connectivity index (χ0v) is 18.2. The second-order valence-electron chi connectivity index (χ2n) is 6.38. The molecule has 0 aliphatic carbocycles. The molecule has 1 aromatic heterocycles. The number of rotatable bonds is 8. The fourth-order valence-electron chi connectivity index (χ4n) is 3.02. The zero-order valence-electron chi connectivity index (χ0n) is 18.2. The molecule has 1 atom stereocenters. The Morgan fingerprint density at radius 1 is 1.23 bits per heavy atom. The Bertz CT molecular complexity index is 969. The maximum atomic E-state index is 14.9. The number of nitrogens with zero attached hydrogens (tertiary/aromatic N) is 1. The van der Waals surface area contributed by atoms with E-state index in [2.05, 4.69) is 0 Å². The number of benzene rings is 1. The van der Waals surface area contributed by atoms with Gasteiger partial charge in [-0.1, -0.05) is 26.0 Å². The summed E-state index contributed by atoms with van der Waals surface area (Å²) in [6, 6.07) is 3.19. The standard InChI is InChI=1S/C20H23FN2O5.C2H6/c1-11-5-6-13(12(2)24)18(19(11)21)14-9-17(25)23(10-16(14)28-4)15(20(22)26)7-8-27-3;1-2/h5-6,9-10,15H,7-8H2,1-4H3,(H2,22,26);1-2H3. The van der Waals surface area contributed by atoms with Crippen molar-refractivity contribution in [1.82, 2.24) is 4.57 Å². The third-order valence-corrected chi connectivity index (χ3v) is 4.51. The lowest BCUT2D eigenvalue weighted by Gasteiger charge is -2.20. The van der Waals surface area contributed by atoms with Gasteiger partial charge in [-0.2, -0.15) is 0 Å². The number of halogens is 1. The summed E-state index contributed by atoms with van der Waals surface area (Å²) in [5.74, 6) is -1.54. The quantitative estimate of drug-likeness (QED) is 0.661. The number of hydrogen-bond donors (Lipinski definition) is 1. The van der Waals surface area contributed by atoms with Crippen LogP contribution in [0.25, 0.3) is 11.1 Å². The van der Waals surface area contributed by atoms with Crippen molar-refractivity contribution in [2.75, 3.05) is 20.8 Å². The van der Waals surface area contributed by atoms with Crippen molar-refractivity contribution in [1.29, 1.82) is 0 Å². The second-order valence-corrected chi connectivity index (χ2v) is 6.38. The number of aryl methyl sites for hydroxylation is 1. The highest BCUT2D eigenvalue weighted by molar-refractivity contribution is 6.01. The van der Waals surface area contributed by atoms with Crippen molar-refractivity contribution < 1.29 is 23.5 Å². The first kappa shape index (κ1) is 25.0. The highest BCUT2D eigenvalue weighted by Crippen LogP contribution is 2.35. The Kier molecular flexibility index (Phi) is 9.39. The maximum absolute atomic E-state index is 14.9. The molecule has 2 aromatic rings. The normalized spacial score (nSPS) is 11.3. The molecule has 1 amide bonds. The van der Waals surface area contributed by atoms with Gasteiger partial charge in [0.25, 0.3) is 5.56 Å². The number of aromatic nitrogens is 1. The Labute approximate surface area is 175 Å². The van der Waals surface area contributed by atoms with Crippen LogP contribution in [0.5, 0.6) is 5.75 Å². The third kappa shape index (κ3) is 5.33. The number of Topliss-reactive ketones (excluding diaryl/α,β-unsaturated/α-hetero) is 1. The summed E-state index contributed by atoms with van der Waals surface area (Å²) in [6.45, 7) is 7.09. The monoisotopic (exact) mass is 420 g/mol. The molecule has 0 spiro atoms. The first-order valence-corrected chi connectivity index (χ1v) is 9.61. The molecule has 164 valence electrons. The van der Waals surface area contributed by atoms with Crippen LogP contribution in [-0.2, 0) is 9.53 Å². The summed E-state index contributed by atoms with van der Waals surface area (Å²) in [4.78, 5) is 36.5. The highest BCUT2D eigenvalue weighted by atomic mass is 19.1. The van der Waals surface area contributed by atoms with E-state index in [1.54, 1.807) is 6.92 Å². The van der Waals surface area contributed by atoms with E-state index in [4.69, 9.17) is 15.2 Å². The Hall–Kier alpha value is -3.00. The van der Waals surface area contributed by atoms with Crippen LogP contribution in [0.4, 0.5) is 4.39 Å². The number of carbonyl (C=O) groups excluding carboxylic acids is 2. The predicted molar refractivity (Wildman–Crippen MR) is 113 cm³/mol. The minimum atomic E-state index is -0.954. The minimum absolute atomic E-state index is 0.0129. The molecule has 0 bridgehead atoms. The van der Waals surface area contributed by atoms with Gasteiger partial charge in [0.2, 0.25) is 5.91 Å². The molecule has 1 aromatic carbocycles. The average molecular weight is 420 g/mol. The summed E-state index contributed by atoms with van der Waals surface area (Å²) in [5, 5.41) is 0. The van der Waals surface area contributed by atoms with E-state index in [1.165, 1.54) is 39.5 Å². The number of amides is 1. The van der Waals surface area contributed by atoms with Crippen molar-refractivity contribution in [3.05, 3.63) is 51.7 Å². The number of carbonyl (C=O) groups is 2. The lowest BCUT2D eigenvalue weighted by atomic mass is 9.94. The number of ether oxygens (including phenoxy) is 2. The fourth-order valence-corrected chi connectivity index (χ4v) is 3.02. The van der Waals surface area contributed by atoms with Gasteiger partial charge in [-0.05, 0) is 19.4 Å². The van der Waals surface area contributed by atoms with Crippen LogP contribution in [-0.4, -0.2) is 37.1 Å². The van der Waals surface area contributed by atoms with Crippen molar-refractivity contribution >= 4 is 11.7 Å². The Balaban J connectivity index is 0.00000218. The third-order valence-electron chi connectivity index (χ3n) is 4.51. The summed E-state index contributed by atoms with van der Waals surface area (Å²) in [5.41, 5.74) is 5.42. The highest BCUT2D eigenvalue weighted by Gasteiger charge is 2.24. The molecular weight excluding hydrogens is 391 g/mol. The second kappa shape index (κ2) is 11.3. The van der Waals surface area contributed by atoms with E-state index in [-0.39, 0.29) is 41.3 Å². The molecule has 0 aliphatic rings. The molecule has 0 radical (unpaired) electrons. The minimum Gasteiger partial charge on any atom is -0.495 e. The van der Waals surface area contributed by atoms with Crippen LogP contribution >= 0.6 is 0 Å². The molecule has 0 saturated heterocycles. The molecule has 2 rings (SSSR count). The van der Waals surface area contributed by atoms with Gasteiger partial charge in [0, 0.05) is 42.9 Å². The number of primary amides is 1. The van der Waals surface area contributed by atoms with Crippen molar-refractivity contribution in [3.63, 3.8) is 0 Å². The van der Waals surface area contributed by atoms with Gasteiger partial charge in [-0.25, -0.2) is 4.39 Å². The Morgan fingerprint density at radius 3 is 2.37 bits per heavy atom. The number of nitrogens with two attached hydrogens (primary N) is 1. The van der Waals surface area contributed by atoms with Crippen molar-refractivity contribution in [2.24, 2.45) is 5.73 Å². The molecule has 30 heavy (non-hydrogen) atoms. The van der Waals surface area contributed by atoms with E-state index in [1.807, 2.05) is 13.8 Å². The summed E-state index contributed by atoms with van der Waals surface area (Å²) in [6.07, 6.45) is 1.49. The largest absolute Gasteiger partial charge is 0.495 e. The summed E-state index contributed by atoms with van der Waals surface area (Å²) < 4.78 is 26.3. The van der Waals surface area contributed by atoms with Gasteiger partial charge in [-0.15, -0.1) is 0 Å². The zero-order chi connectivity index (χ0) is 23.0. The smallest absolute Gasteiger partial charge is 0.252 e. The van der Waals surface area contributed by atoms with E-state index in [9.17, 15) is 18.8 Å². The SMILES string of the molecule is CC.COCCC(C(N)=O)n1cc(OC)c(-c2c(C(C)=O)ccc(C)c2F)cc1=O. The van der Waals surface area contributed by atoms with Gasteiger partial charge >= 0.3 is 0 Å². The van der Waals surface area contributed by atoms with Crippen LogP contribution in [0.3, 0.4) is 0 Å². The lowest BCUT2D eigenvalue weighted by Crippen LogP contribution is -2.34. The molecule has 0 saturated carbocycles. The number of hydrogen-bond acceptors (Lipinski definition) is 5. The van der Waals surface area contributed by atoms with Crippen LogP contribution in [0, 0.1) is 12.7 Å². The molecule has 1 unspecified atom stereocenters. The van der Waals surface area contributed by atoms with Gasteiger partial charge in [0.05, 0.1) is 13.3 Å². The van der Waals surface area contributed by atoms with Gasteiger partial charge in [-0.3, -0.25) is 19.0 Å². The van der Waals surface area contributed by atoms with Gasteiger partial charge in [0.1, 0.15) is 17.6 Å². The van der Waals surface area contributed by atoms with Crippen LogP contribution < -0.4 is 16.0 Å². The van der Waals surface area contributed by atoms with Crippen molar-refractivity contribution in [2.45, 2.75) is 40.2 Å². The van der Waals surface area contributed by atoms with E-state index in [0.29, 0.717) is 5.56 Å². The predicted octanol–water partition coefficient (Wildman–Crippen LogP) is 3.26. The van der Waals surface area contributed by atoms with Crippen LogP contribution in [0.1, 0.15) is 49.2 Å². The summed E-state index contributed by atoms with van der Waals surface area (Å²) >= 11 is 0. The topological polar surface area (TPSA) is 101 Å². The van der Waals surface area contributed by atoms with Crippen LogP contribution in [0.2, 0.25) is 0 Å². The molecule has 2 N–H and O–H groups in total. The molecule has 8 heteroatoms. The molecular formula is C22H29FN2O5. The first-order valence-electron chi connectivity index (χ1n) is 9.61. The molecule has 7 nitrogen and oxygen atoms in total. The first-order chi connectivity index (χ1) is 14.2. The molecule has 0 aliphatic heterocycles. The van der Waals surface area contributed by atoms with Gasteiger partial charge in [0.15, 0.2) is 5.78 Å². The lowest BCUT2D eigenvalue weighted by molar-refractivity contribution is -0.121.